The summed E-state index contributed by atoms with van der Waals surface area (Å²) in [6.07, 6.45) is 2.95. The van der Waals surface area contributed by atoms with Crippen molar-refractivity contribution in [3.05, 3.63) is 0 Å². The fourth-order valence-corrected chi connectivity index (χ4v) is 3.13. The van der Waals surface area contributed by atoms with Gasteiger partial charge >= 0.3 is 6.09 Å². The molecule has 4 unspecified atom stereocenters. The Balaban J connectivity index is 1.95. The van der Waals surface area contributed by atoms with E-state index in [4.69, 9.17) is 10.00 Å². The quantitative estimate of drug-likeness (QED) is 0.760. The fourth-order valence-electron chi connectivity index (χ4n) is 3.13. The number of nitrogens with one attached hydrogen (secondary N) is 1. The lowest BCUT2D eigenvalue weighted by molar-refractivity contribution is 0.0475. The molecule has 4 atom stereocenters. The van der Waals surface area contributed by atoms with Crippen LogP contribution in [-0.4, -0.2) is 17.7 Å². The van der Waals surface area contributed by atoms with E-state index < -0.39 is 11.7 Å². The number of nitriles is 1. The lowest BCUT2D eigenvalue weighted by Gasteiger charge is -2.28. The number of amides is 1. The van der Waals surface area contributed by atoms with Crippen LogP contribution in [0.5, 0.6) is 0 Å². The van der Waals surface area contributed by atoms with Crippen LogP contribution in [0.3, 0.4) is 0 Å². The molecular formula is C13H20N2O2. The second kappa shape index (κ2) is 4.21. The molecule has 4 heteroatoms. The number of nitrogens with zero attached hydrogens (tertiary/aromatic N) is 1. The minimum atomic E-state index is -0.482. The Morgan fingerprint density at radius 1 is 1.35 bits per heavy atom. The highest BCUT2D eigenvalue weighted by molar-refractivity contribution is 5.68. The molecule has 0 aromatic heterocycles. The van der Waals surface area contributed by atoms with Crippen molar-refractivity contribution in [1.82, 2.24) is 5.32 Å². The van der Waals surface area contributed by atoms with E-state index in [0.29, 0.717) is 11.8 Å². The molecular weight excluding hydrogens is 216 g/mol. The van der Waals surface area contributed by atoms with E-state index in [1.807, 2.05) is 20.8 Å². The van der Waals surface area contributed by atoms with Crippen LogP contribution in [-0.2, 0) is 4.74 Å². The molecule has 94 valence electrons. The third kappa shape index (κ3) is 2.54. The molecule has 2 saturated carbocycles. The summed E-state index contributed by atoms with van der Waals surface area (Å²) in [5, 5.41) is 12.0. The monoisotopic (exact) mass is 236 g/mol. The van der Waals surface area contributed by atoms with Gasteiger partial charge in [0, 0.05) is 0 Å². The van der Waals surface area contributed by atoms with Crippen LogP contribution in [0.25, 0.3) is 0 Å². The molecule has 0 saturated heterocycles. The first-order chi connectivity index (χ1) is 7.90. The summed E-state index contributed by atoms with van der Waals surface area (Å²) in [7, 11) is 0. The maximum atomic E-state index is 11.7. The first-order valence-corrected chi connectivity index (χ1v) is 6.30. The van der Waals surface area contributed by atoms with Crippen LogP contribution in [0.15, 0.2) is 0 Å². The van der Waals surface area contributed by atoms with Crippen molar-refractivity contribution in [3.8, 4) is 6.07 Å². The molecule has 0 aromatic rings. The van der Waals surface area contributed by atoms with Crippen molar-refractivity contribution >= 4 is 6.09 Å². The third-order valence-electron chi connectivity index (χ3n) is 3.75. The maximum Gasteiger partial charge on any atom is 0.407 e. The first kappa shape index (κ1) is 12.2. The second-order valence-electron chi connectivity index (χ2n) is 6.16. The van der Waals surface area contributed by atoms with E-state index in [0.717, 1.165) is 19.3 Å². The molecule has 2 bridgehead atoms. The lowest BCUT2D eigenvalue weighted by atomic mass is 9.85. The van der Waals surface area contributed by atoms with Crippen LogP contribution >= 0.6 is 0 Å². The molecule has 0 aliphatic heterocycles. The van der Waals surface area contributed by atoms with Gasteiger partial charge in [0.2, 0.25) is 0 Å². The summed E-state index contributed by atoms with van der Waals surface area (Å²) in [4.78, 5) is 11.7. The van der Waals surface area contributed by atoms with E-state index in [1.54, 1.807) is 0 Å². The topological polar surface area (TPSA) is 62.1 Å². The Kier molecular flexibility index (Phi) is 3.03. The van der Waals surface area contributed by atoms with Gasteiger partial charge in [-0.3, -0.25) is 0 Å². The van der Waals surface area contributed by atoms with Crippen LogP contribution in [0.2, 0.25) is 0 Å². The predicted octanol–water partition coefficient (Wildman–Crippen LogP) is 2.45. The van der Waals surface area contributed by atoms with Gasteiger partial charge in [-0.05, 0) is 51.9 Å². The zero-order chi connectivity index (χ0) is 12.6. The van der Waals surface area contributed by atoms with Crippen molar-refractivity contribution < 1.29 is 9.53 Å². The molecule has 0 aromatic carbocycles. The van der Waals surface area contributed by atoms with Crippen LogP contribution < -0.4 is 5.32 Å². The minimum Gasteiger partial charge on any atom is -0.444 e. The highest BCUT2D eigenvalue weighted by Crippen LogP contribution is 2.48. The molecule has 1 amide bonds. The SMILES string of the molecule is CC(C)(C)OC(=O)NC1C2CCC(C2)C1C#N. The minimum absolute atomic E-state index is 0.00593. The van der Waals surface area contributed by atoms with Crippen LogP contribution in [0.1, 0.15) is 40.0 Å². The Hall–Kier alpha value is -1.24. The molecule has 0 spiro atoms. The normalized spacial score (nSPS) is 35.4. The van der Waals surface area contributed by atoms with Crippen LogP contribution in [0, 0.1) is 29.1 Å². The van der Waals surface area contributed by atoms with E-state index >= 15 is 0 Å². The first-order valence-electron chi connectivity index (χ1n) is 6.30. The number of carbonyl (C=O) groups is 1. The number of ether oxygens (including phenoxy) is 1. The highest BCUT2D eigenvalue weighted by atomic mass is 16.6. The molecule has 0 radical (unpaired) electrons. The summed E-state index contributed by atoms with van der Waals surface area (Å²) < 4.78 is 5.24. The number of carbonyl (C=O) groups excluding carboxylic acids is 1. The smallest absolute Gasteiger partial charge is 0.407 e. The molecule has 1 N–H and O–H groups in total. The average Bonchev–Trinajstić information content (AvgIpc) is 2.74. The number of fused-ring (bicyclic) bond motifs is 2. The Bertz CT molecular complexity index is 353. The molecule has 17 heavy (non-hydrogen) atoms. The molecule has 2 aliphatic rings. The van der Waals surface area contributed by atoms with Gasteiger partial charge in [0.25, 0.3) is 0 Å². The molecule has 4 nitrogen and oxygen atoms in total. The fraction of sp³-hybridized carbons (Fsp3) is 0.846. The van der Waals surface area contributed by atoms with Gasteiger partial charge in [-0.2, -0.15) is 5.26 Å². The summed E-state index contributed by atoms with van der Waals surface area (Å²) in [5.41, 5.74) is -0.482. The van der Waals surface area contributed by atoms with Crippen molar-refractivity contribution in [3.63, 3.8) is 0 Å². The number of rotatable bonds is 1. The molecule has 2 aliphatic carbocycles. The third-order valence-corrected chi connectivity index (χ3v) is 3.75. The largest absolute Gasteiger partial charge is 0.444 e. The van der Waals surface area contributed by atoms with Gasteiger partial charge in [0.05, 0.1) is 18.0 Å². The molecule has 0 heterocycles. The Morgan fingerprint density at radius 2 is 2.00 bits per heavy atom. The van der Waals surface area contributed by atoms with Crippen molar-refractivity contribution in [2.75, 3.05) is 0 Å². The molecule has 2 fully saturated rings. The Labute approximate surface area is 102 Å². The lowest BCUT2D eigenvalue weighted by Crippen LogP contribution is -2.45. The van der Waals surface area contributed by atoms with Crippen molar-refractivity contribution in [2.45, 2.75) is 51.7 Å². The van der Waals surface area contributed by atoms with Gasteiger partial charge in [0.15, 0.2) is 0 Å². The highest BCUT2D eigenvalue weighted by Gasteiger charge is 2.48. The van der Waals surface area contributed by atoms with Crippen molar-refractivity contribution in [2.24, 2.45) is 17.8 Å². The maximum absolute atomic E-state index is 11.7. The summed E-state index contributed by atoms with van der Waals surface area (Å²) in [5.74, 6) is 0.920. The van der Waals surface area contributed by atoms with E-state index in [1.165, 1.54) is 0 Å². The summed E-state index contributed by atoms with van der Waals surface area (Å²) in [6, 6.07) is 2.34. The van der Waals surface area contributed by atoms with E-state index in [-0.39, 0.29) is 12.0 Å². The number of hydrogen-bond acceptors (Lipinski definition) is 3. The van der Waals surface area contributed by atoms with Gasteiger partial charge in [-0.25, -0.2) is 4.79 Å². The standard InChI is InChI=1S/C13H20N2O2/c1-13(2,3)17-12(16)15-11-9-5-4-8(6-9)10(11)7-14/h8-11H,4-6H2,1-3H3,(H,15,16). The van der Waals surface area contributed by atoms with Gasteiger partial charge in [-0.1, -0.05) is 0 Å². The van der Waals surface area contributed by atoms with Crippen LogP contribution in [0.4, 0.5) is 4.79 Å². The second-order valence-corrected chi connectivity index (χ2v) is 6.16. The summed E-state index contributed by atoms with van der Waals surface area (Å²) in [6.45, 7) is 5.53. The Morgan fingerprint density at radius 3 is 2.59 bits per heavy atom. The van der Waals surface area contributed by atoms with E-state index in [9.17, 15) is 4.79 Å². The average molecular weight is 236 g/mol. The van der Waals surface area contributed by atoms with Crippen molar-refractivity contribution in [1.29, 1.82) is 5.26 Å². The van der Waals surface area contributed by atoms with Gasteiger partial charge in [-0.15, -0.1) is 0 Å². The number of hydrogen-bond donors (Lipinski definition) is 1. The molecule has 2 rings (SSSR count). The van der Waals surface area contributed by atoms with Gasteiger partial charge in [0.1, 0.15) is 5.60 Å². The summed E-state index contributed by atoms with van der Waals surface area (Å²) >= 11 is 0. The van der Waals surface area contributed by atoms with Gasteiger partial charge < -0.3 is 10.1 Å². The van der Waals surface area contributed by atoms with E-state index in [2.05, 4.69) is 11.4 Å². The number of alkyl carbamates (subject to hydrolysis) is 1. The predicted molar refractivity (Wildman–Crippen MR) is 63.1 cm³/mol. The zero-order valence-corrected chi connectivity index (χ0v) is 10.7. The zero-order valence-electron chi connectivity index (χ0n) is 10.7.